The molecule has 0 aromatic heterocycles. The quantitative estimate of drug-likeness (QED) is 0.677. The Morgan fingerprint density at radius 2 is 1.62 bits per heavy atom. The van der Waals surface area contributed by atoms with Crippen molar-refractivity contribution >= 4 is 11.8 Å². The summed E-state index contributed by atoms with van der Waals surface area (Å²) in [4.78, 5) is 24.5. The second-order valence-electron chi connectivity index (χ2n) is 5.68. The zero-order chi connectivity index (χ0) is 18.8. The van der Waals surface area contributed by atoms with Crippen molar-refractivity contribution in [1.82, 2.24) is 10.6 Å². The van der Waals surface area contributed by atoms with Crippen LogP contribution in [0.15, 0.2) is 48.5 Å². The molecule has 0 aliphatic carbocycles. The minimum Gasteiger partial charge on any atom is -0.496 e. The first kappa shape index (κ1) is 19.5. The molecule has 0 aliphatic rings. The van der Waals surface area contributed by atoms with E-state index in [2.05, 4.69) is 10.6 Å². The number of amides is 2. The summed E-state index contributed by atoms with van der Waals surface area (Å²) in [5, 5.41) is 5.65. The molecular weight excluding hydrogens is 332 g/mol. The minimum atomic E-state index is -0.245. The lowest BCUT2D eigenvalue weighted by Gasteiger charge is -2.10. The van der Waals surface area contributed by atoms with E-state index in [1.165, 1.54) is 0 Å². The molecule has 0 atom stereocenters. The molecular formula is C20H24N2O4. The van der Waals surface area contributed by atoms with Crippen molar-refractivity contribution in [2.45, 2.75) is 13.0 Å². The van der Waals surface area contributed by atoms with Crippen LogP contribution in [0, 0.1) is 0 Å². The molecule has 138 valence electrons. The van der Waals surface area contributed by atoms with E-state index >= 15 is 0 Å². The van der Waals surface area contributed by atoms with Gasteiger partial charge in [0.2, 0.25) is 0 Å². The summed E-state index contributed by atoms with van der Waals surface area (Å²) in [5.41, 5.74) is 1.77. The predicted octanol–water partition coefficient (Wildman–Crippen LogP) is 2.39. The van der Waals surface area contributed by atoms with Gasteiger partial charge in [0.1, 0.15) is 5.75 Å². The van der Waals surface area contributed by atoms with Crippen LogP contribution in [0.5, 0.6) is 5.75 Å². The van der Waals surface area contributed by atoms with Gasteiger partial charge in [-0.3, -0.25) is 9.59 Å². The van der Waals surface area contributed by atoms with Crippen molar-refractivity contribution in [1.29, 1.82) is 0 Å². The number of carbonyl (C=O) groups excluding carboxylic acids is 2. The Labute approximate surface area is 153 Å². The highest BCUT2D eigenvalue weighted by Crippen LogP contribution is 2.17. The van der Waals surface area contributed by atoms with Gasteiger partial charge >= 0.3 is 0 Å². The van der Waals surface area contributed by atoms with Gasteiger partial charge in [0.25, 0.3) is 11.8 Å². The van der Waals surface area contributed by atoms with E-state index in [1.54, 1.807) is 38.5 Å². The molecule has 0 bridgehead atoms. The Hall–Kier alpha value is -2.86. The van der Waals surface area contributed by atoms with Crippen LogP contribution in [-0.2, 0) is 11.3 Å². The highest BCUT2D eigenvalue weighted by atomic mass is 16.5. The Bertz CT molecular complexity index is 746. The fourth-order valence-electron chi connectivity index (χ4n) is 2.45. The van der Waals surface area contributed by atoms with Gasteiger partial charge in [0, 0.05) is 43.5 Å². The van der Waals surface area contributed by atoms with Gasteiger partial charge < -0.3 is 20.1 Å². The van der Waals surface area contributed by atoms with Gasteiger partial charge in [0.15, 0.2) is 0 Å². The van der Waals surface area contributed by atoms with Crippen LogP contribution in [-0.4, -0.2) is 39.2 Å². The van der Waals surface area contributed by atoms with Crippen molar-refractivity contribution < 1.29 is 19.1 Å². The average molecular weight is 356 g/mol. The summed E-state index contributed by atoms with van der Waals surface area (Å²) < 4.78 is 10.2. The fourth-order valence-corrected chi connectivity index (χ4v) is 2.45. The molecule has 0 fully saturated rings. The van der Waals surface area contributed by atoms with Crippen molar-refractivity contribution in [3.05, 3.63) is 65.2 Å². The largest absolute Gasteiger partial charge is 0.496 e. The number of hydrogen-bond donors (Lipinski definition) is 2. The van der Waals surface area contributed by atoms with E-state index in [0.717, 1.165) is 17.7 Å². The zero-order valence-corrected chi connectivity index (χ0v) is 15.1. The smallest absolute Gasteiger partial charge is 0.251 e. The molecule has 2 rings (SSSR count). The number of ether oxygens (including phenoxy) is 2. The summed E-state index contributed by atoms with van der Waals surface area (Å²) in [6.45, 7) is 1.46. The van der Waals surface area contributed by atoms with Crippen molar-refractivity contribution in [2.75, 3.05) is 27.4 Å². The first-order valence-corrected chi connectivity index (χ1v) is 8.43. The van der Waals surface area contributed by atoms with E-state index in [1.807, 2.05) is 24.3 Å². The maximum Gasteiger partial charge on any atom is 0.251 e. The number of rotatable bonds is 9. The highest BCUT2D eigenvalue weighted by molar-refractivity contribution is 5.99. The van der Waals surface area contributed by atoms with Crippen LogP contribution in [0.2, 0.25) is 0 Å². The standard InChI is InChI=1S/C20H24N2O4/c1-25-12-6-11-21-19(23)15-8-5-9-16(13-15)20(24)22-14-17-7-3-4-10-18(17)26-2/h3-5,7-10,13H,6,11-12,14H2,1-2H3,(H,21,23)(H,22,24). The van der Waals surface area contributed by atoms with E-state index in [4.69, 9.17) is 9.47 Å². The van der Waals surface area contributed by atoms with E-state index in [0.29, 0.717) is 30.8 Å². The molecule has 0 unspecified atom stereocenters. The third-order valence-electron chi connectivity index (χ3n) is 3.83. The second-order valence-corrected chi connectivity index (χ2v) is 5.68. The van der Waals surface area contributed by atoms with E-state index in [-0.39, 0.29) is 11.8 Å². The maximum atomic E-state index is 12.4. The first-order chi connectivity index (χ1) is 12.7. The molecule has 0 saturated carbocycles. The van der Waals surface area contributed by atoms with Gasteiger partial charge in [-0.25, -0.2) is 0 Å². The molecule has 2 N–H and O–H groups in total. The predicted molar refractivity (Wildman–Crippen MR) is 99.4 cm³/mol. The summed E-state index contributed by atoms with van der Waals surface area (Å²) >= 11 is 0. The van der Waals surface area contributed by atoms with Gasteiger partial charge in [-0.15, -0.1) is 0 Å². The van der Waals surface area contributed by atoms with Crippen LogP contribution >= 0.6 is 0 Å². The molecule has 26 heavy (non-hydrogen) atoms. The fraction of sp³-hybridized carbons (Fsp3) is 0.300. The van der Waals surface area contributed by atoms with Crippen LogP contribution in [0.4, 0.5) is 0 Å². The van der Waals surface area contributed by atoms with Crippen molar-refractivity contribution in [3.8, 4) is 5.75 Å². The Morgan fingerprint density at radius 1 is 0.923 bits per heavy atom. The van der Waals surface area contributed by atoms with Crippen molar-refractivity contribution in [3.63, 3.8) is 0 Å². The van der Waals surface area contributed by atoms with E-state index in [9.17, 15) is 9.59 Å². The number of hydrogen-bond acceptors (Lipinski definition) is 4. The lowest BCUT2D eigenvalue weighted by molar-refractivity contribution is 0.0948. The maximum absolute atomic E-state index is 12.4. The number of para-hydroxylation sites is 1. The minimum absolute atomic E-state index is 0.208. The van der Waals surface area contributed by atoms with Crippen LogP contribution in [0.1, 0.15) is 32.7 Å². The second kappa shape index (κ2) is 10.2. The monoisotopic (exact) mass is 356 g/mol. The molecule has 2 aromatic carbocycles. The average Bonchev–Trinajstić information content (AvgIpc) is 2.69. The first-order valence-electron chi connectivity index (χ1n) is 8.43. The van der Waals surface area contributed by atoms with Crippen molar-refractivity contribution in [2.24, 2.45) is 0 Å². The molecule has 2 aromatic rings. The number of benzene rings is 2. The Kier molecular flexibility index (Phi) is 7.64. The molecule has 6 heteroatoms. The zero-order valence-electron chi connectivity index (χ0n) is 15.1. The summed E-state index contributed by atoms with van der Waals surface area (Å²) in [6, 6.07) is 14.1. The van der Waals surface area contributed by atoms with E-state index < -0.39 is 0 Å². The summed E-state index contributed by atoms with van der Waals surface area (Å²) in [6.07, 6.45) is 0.737. The highest BCUT2D eigenvalue weighted by Gasteiger charge is 2.11. The third kappa shape index (κ3) is 5.60. The lowest BCUT2D eigenvalue weighted by Crippen LogP contribution is -2.26. The molecule has 0 radical (unpaired) electrons. The summed E-state index contributed by atoms with van der Waals surface area (Å²) in [7, 11) is 3.21. The Balaban J connectivity index is 1.96. The molecule has 6 nitrogen and oxygen atoms in total. The molecule has 2 amide bonds. The van der Waals surface area contributed by atoms with Crippen LogP contribution in [0.25, 0.3) is 0 Å². The molecule has 0 saturated heterocycles. The van der Waals surface area contributed by atoms with Gasteiger partial charge in [-0.2, -0.15) is 0 Å². The van der Waals surface area contributed by atoms with Gasteiger partial charge in [-0.1, -0.05) is 24.3 Å². The SMILES string of the molecule is COCCCNC(=O)c1cccc(C(=O)NCc2ccccc2OC)c1. The van der Waals surface area contributed by atoms with Crippen LogP contribution in [0.3, 0.4) is 0 Å². The Morgan fingerprint density at radius 3 is 2.31 bits per heavy atom. The third-order valence-corrected chi connectivity index (χ3v) is 3.83. The number of carbonyl (C=O) groups is 2. The topological polar surface area (TPSA) is 76.7 Å². The number of nitrogens with one attached hydrogen (secondary N) is 2. The summed E-state index contributed by atoms with van der Waals surface area (Å²) in [5.74, 6) is 0.266. The van der Waals surface area contributed by atoms with Gasteiger partial charge in [0.05, 0.1) is 7.11 Å². The molecule has 0 aliphatic heterocycles. The normalized spacial score (nSPS) is 10.2. The van der Waals surface area contributed by atoms with Gasteiger partial charge in [-0.05, 0) is 30.7 Å². The lowest BCUT2D eigenvalue weighted by atomic mass is 10.1. The molecule has 0 spiro atoms. The number of methoxy groups -OCH3 is 2. The van der Waals surface area contributed by atoms with Crippen LogP contribution < -0.4 is 15.4 Å². The molecule has 0 heterocycles.